The van der Waals surface area contributed by atoms with Crippen LogP contribution in [0.25, 0.3) is 0 Å². The molecule has 1 aromatic heterocycles. The molecule has 0 spiro atoms. The zero-order valence-electron chi connectivity index (χ0n) is 11.5. The molecule has 1 aliphatic heterocycles. The first-order valence-electron chi connectivity index (χ1n) is 6.73. The van der Waals surface area contributed by atoms with Crippen LogP contribution < -0.4 is 10.2 Å². The maximum Gasteiger partial charge on any atom is 0.186 e. The van der Waals surface area contributed by atoms with Crippen molar-refractivity contribution in [2.45, 2.75) is 39.8 Å². The van der Waals surface area contributed by atoms with Crippen LogP contribution in [0.5, 0.6) is 0 Å². The van der Waals surface area contributed by atoms with Crippen molar-refractivity contribution >= 4 is 16.5 Å². The minimum absolute atomic E-state index is 0.431. The van der Waals surface area contributed by atoms with Gasteiger partial charge in [-0.1, -0.05) is 6.92 Å². The summed E-state index contributed by atoms with van der Waals surface area (Å²) in [5, 5.41) is 4.60. The van der Waals surface area contributed by atoms with E-state index < -0.39 is 0 Å². The second-order valence-electron chi connectivity index (χ2n) is 4.80. The molecule has 1 atom stereocenters. The molecule has 0 bridgehead atoms. The smallest absolute Gasteiger partial charge is 0.186 e. The lowest BCUT2D eigenvalue weighted by Crippen LogP contribution is -2.43. The summed E-state index contributed by atoms with van der Waals surface area (Å²) in [6.07, 6.45) is 1.17. The second-order valence-corrected chi connectivity index (χ2v) is 5.86. The molecular weight excluding hydrogens is 246 g/mol. The maximum absolute atomic E-state index is 5.47. The molecule has 1 aliphatic rings. The van der Waals surface area contributed by atoms with Crippen LogP contribution in [0.2, 0.25) is 0 Å². The van der Waals surface area contributed by atoms with Gasteiger partial charge in [-0.25, -0.2) is 4.98 Å². The van der Waals surface area contributed by atoms with Crippen LogP contribution >= 0.6 is 11.3 Å². The molecule has 18 heavy (non-hydrogen) atoms. The quantitative estimate of drug-likeness (QED) is 0.831. The Balaban J connectivity index is 2.02. The molecule has 0 saturated carbocycles. The molecule has 2 rings (SSSR count). The number of hydrogen-bond donors (Lipinski definition) is 1. The van der Waals surface area contributed by atoms with Gasteiger partial charge in [-0.2, -0.15) is 0 Å². The molecule has 2 heterocycles. The van der Waals surface area contributed by atoms with Gasteiger partial charge in [-0.05, 0) is 26.8 Å². The summed E-state index contributed by atoms with van der Waals surface area (Å²) >= 11 is 1.82. The highest BCUT2D eigenvalue weighted by atomic mass is 32.1. The van der Waals surface area contributed by atoms with E-state index >= 15 is 0 Å². The van der Waals surface area contributed by atoms with Gasteiger partial charge < -0.3 is 15.0 Å². The monoisotopic (exact) mass is 269 g/mol. The van der Waals surface area contributed by atoms with Gasteiger partial charge in [0.25, 0.3) is 0 Å². The molecule has 0 amide bonds. The lowest BCUT2D eigenvalue weighted by Gasteiger charge is -2.32. The molecule has 1 aromatic rings. The molecule has 102 valence electrons. The number of morpholine rings is 1. The molecule has 1 fully saturated rings. The SMILES string of the molecule is CCCNCc1sc(N2CCOCC2C)nc1C. The Morgan fingerprint density at radius 3 is 3.11 bits per heavy atom. The van der Waals surface area contributed by atoms with Crippen molar-refractivity contribution in [1.82, 2.24) is 10.3 Å². The molecule has 0 radical (unpaired) electrons. The Morgan fingerprint density at radius 1 is 1.56 bits per heavy atom. The van der Waals surface area contributed by atoms with Crippen LogP contribution in [-0.2, 0) is 11.3 Å². The normalized spacial score (nSPS) is 20.4. The predicted octanol–water partition coefficient (Wildman–Crippen LogP) is 2.18. The van der Waals surface area contributed by atoms with Gasteiger partial charge in [0.1, 0.15) is 0 Å². The lowest BCUT2D eigenvalue weighted by atomic mass is 10.3. The summed E-state index contributed by atoms with van der Waals surface area (Å²) in [6, 6.07) is 0.431. The van der Waals surface area contributed by atoms with E-state index in [0.29, 0.717) is 6.04 Å². The van der Waals surface area contributed by atoms with Gasteiger partial charge in [0.05, 0.1) is 24.9 Å². The number of anilines is 1. The highest BCUT2D eigenvalue weighted by Crippen LogP contribution is 2.28. The number of nitrogens with one attached hydrogen (secondary N) is 1. The first kappa shape index (κ1) is 13.8. The van der Waals surface area contributed by atoms with E-state index in [2.05, 4.69) is 31.0 Å². The zero-order valence-corrected chi connectivity index (χ0v) is 12.3. The van der Waals surface area contributed by atoms with E-state index in [1.54, 1.807) is 0 Å². The van der Waals surface area contributed by atoms with Crippen LogP contribution in [-0.4, -0.2) is 37.3 Å². The third-order valence-electron chi connectivity index (χ3n) is 3.21. The Kier molecular flexibility index (Phi) is 4.97. The molecule has 1 saturated heterocycles. The number of hydrogen-bond acceptors (Lipinski definition) is 5. The van der Waals surface area contributed by atoms with Crippen molar-refractivity contribution in [1.29, 1.82) is 0 Å². The summed E-state index contributed by atoms with van der Waals surface area (Å²) in [6.45, 7) is 11.1. The first-order chi connectivity index (χ1) is 8.72. The fraction of sp³-hybridized carbons (Fsp3) is 0.769. The Morgan fingerprint density at radius 2 is 2.39 bits per heavy atom. The van der Waals surface area contributed by atoms with Crippen LogP contribution in [0.4, 0.5) is 5.13 Å². The molecule has 4 nitrogen and oxygen atoms in total. The molecule has 1 unspecified atom stereocenters. The highest BCUT2D eigenvalue weighted by molar-refractivity contribution is 7.15. The number of ether oxygens (including phenoxy) is 1. The topological polar surface area (TPSA) is 37.4 Å². The largest absolute Gasteiger partial charge is 0.377 e. The Bertz CT molecular complexity index is 380. The average Bonchev–Trinajstić information content (AvgIpc) is 2.72. The second kappa shape index (κ2) is 6.50. The standard InChI is InChI=1S/C13H23N3OS/c1-4-5-14-8-12-11(3)15-13(18-12)16-6-7-17-9-10(16)2/h10,14H,4-9H2,1-3H3. The van der Waals surface area contributed by atoms with Gasteiger partial charge >= 0.3 is 0 Å². The van der Waals surface area contributed by atoms with E-state index in [1.807, 2.05) is 11.3 Å². The summed E-state index contributed by atoms with van der Waals surface area (Å²) < 4.78 is 5.47. The molecule has 0 aromatic carbocycles. The van der Waals surface area contributed by atoms with Crippen LogP contribution in [0.1, 0.15) is 30.8 Å². The number of nitrogens with zero attached hydrogens (tertiary/aromatic N) is 2. The van der Waals surface area contributed by atoms with E-state index in [4.69, 9.17) is 9.72 Å². The Labute approximate surface area is 113 Å². The van der Waals surface area contributed by atoms with Crippen molar-refractivity contribution in [2.75, 3.05) is 31.2 Å². The van der Waals surface area contributed by atoms with Crippen LogP contribution in [0.15, 0.2) is 0 Å². The minimum atomic E-state index is 0.431. The highest BCUT2D eigenvalue weighted by Gasteiger charge is 2.22. The molecule has 1 N–H and O–H groups in total. The fourth-order valence-corrected chi connectivity index (χ4v) is 3.25. The van der Waals surface area contributed by atoms with E-state index in [-0.39, 0.29) is 0 Å². The van der Waals surface area contributed by atoms with Crippen molar-refractivity contribution in [3.63, 3.8) is 0 Å². The van der Waals surface area contributed by atoms with E-state index in [0.717, 1.165) is 43.7 Å². The molecule has 0 aliphatic carbocycles. The van der Waals surface area contributed by atoms with E-state index in [9.17, 15) is 0 Å². The van der Waals surface area contributed by atoms with Crippen molar-refractivity contribution in [3.8, 4) is 0 Å². The molecule has 5 heteroatoms. The Hall–Kier alpha value is -0.650. The molecular formula is C13H23N3OS. The van der Waals surface area contributed by atoms with Gasteiger partial charge in [-0.15, -0.1) is 11.3 Å². The lowest BCUT2D eigenvalue weighted by molar-refractivity contribution is 0.0989. The van der Waals surface area contributed by atoms with Crippen molar-refractivity contribution in [2.24, 2.45) is 0 Å². The van der Waals surface area contributed by atoms with Crippen molar-refractivity contribution in [3.05, 3.63) is 10.6 Å². The van der Waals surface area contributed by atoms with Gasteiger partial charge in [0, 0.05) is 18.0 Å². The minimum Gasteiger partial charge on any atom is -0.377 e. The third-order valence-corrected chi connectivity index (χ3v) is 4.40. The number of aromatic nitrogens is 1. The van der Waals surface area contributed by atoms with Crippen molar-refractivity contribution < 1.29 is 4.74 Å². The summed E-state index contributed by atoms with van der Waals surface area (Å²) in [5.41, 5.74) is 1.16. The van der Waals surface area contributed by atoms with Gasteiger partial charge in [0.15, 0.2) is 5.13 Å². The van der Waals surface area contributed by atoms with Gasteiger partial charge in [0.2, 0.25) is 0 Å². The zero-order chi connectivity index (χ0) is 13.0. The van der Waals surface area contributed by atoms with E-state index in [1.165, 1.54) is 11.3 Å². The number of aryl methyl sites for hydroxylation is 1. The third kappa shape index (κ3) is 3.22. The first-order valence-corrected chi connectivity index (χ1v) is 7.55. The van der Waals surface area contributed by atoms with Crippen LogP contribution in [0, 0.1) is 6.92 Å². The maximum atomic E-state index is 5.47. The number of thiazole rings is 1. The average molecular weight is 269 g/mol. The predicted molar refractivity (Wildman–Crippen MR) is 76.5 cm³/mol. The fourth-order valence-electron chi connectivity index (χ4n) is 2.09. The van der Waals surface area contributed by atoms with Crippen LogP contribution in [0.3, 0.4) is 0 Å². The summed E-state index contributed by atoms with van der Waals surface area (Å²) in [7, 11) is 0. The summed E-state index contributed by atoms with van der Waals surface area (Å²) in [5.74, 6) is 0. The van der Waals surface area contributed by atoms with Gasteiger partial charge in [-0.3, -0.25) is 0 Å². The summed E-state index contributed by atoms with van der Waals surface area (Å²) in [4.78, 5) is 8.44. The number of rotatable bonds is 5.